The lowest BCUT2D eigenvalue weighted by atomic mass is 10.2. The molecule has 0 saturated carbocycles. The van der Waals surface area contributed by atoms with Crippen molar-refractivity contribution in [3.8, 4) is 0 Å². The monoisotopic (exact) mass is 213 g/mol. The van der Waals surface area contributed by atoms with Gasteiger partial charge in [-0.1, -0.05) is 5.16 Å². The smallest absolute Gasteiger partial charge is 0.150 e. The summed E-state index contributed by atoms with van der Waals surface area (Å²) in [6.07, 6.45) is -0.230. The van der Waals surface area contributed by atoms with Crippen molar-refractivity contribution < 1.29 is 8.91 Å². The molecule has 0 bridgehead atoms. The number of rotatable bonds is 3. The highest BCUT2D eigenvalue weighted by Gasteiger charge is 2.31. The van der Waals surface area contributed by atoms with Gasteiger partial charge in [-0.25, -0.2) is 4.39 Å². The molecule has 1 aromatic heterocycles. The largest absolute Gasteiger partial charge is 0.360 e. The van der Waals surface area contributed by atoms with Gasteiger partial charge in [0.05, 0.1) is 12.2 Å². The maximum Gasteiger partial charge on any atom is 0.150 e. The number of alkyl halides is 1. The molecule has 1 saturated heterocycles. The number of halogens is 1. The number of aromatic nitrogens is 1. The van der Waals surface area contributed by atoms with Gasteiger partial charge in [0.25, 0.3) is 0 Å². The van der Waals surface area contributed by atoms with Gasteiger partial charge in [-0.15, -0.1) is 0 Å². The van der Waals surface area contributed by atoms with Crippen LogP contribution < -0.4 is 5.73 Å². The van der Waals surface area contributed by atoms with E-state index >= 15 is 0 Å². The second kappa shape index (κ2) is 4.28. The molecule has 0 amide bonds. The molecule has 1 aromatic rings. The maximum absolute atomic E-state index is 13.2. The van der Waals surface area contributed by atoms with Gasteiger partial charge in [0.1, 0.15) is 6.17 Å². The summed E-state index contributed by atoms with van der Waals surface area (Å²) in [5.74, 6) is 0.778. The van der Waals surface area contributed by atoms with Crippen LogP contribution in [-0.2, 0) is 6.54 Å². The fourth-order valence-electron chi connectivity index (χ4n) is 2.05. The molecule has 0 unspecified atom stereocenters. The van der Waals surface area contributed by atoms with Crippen molar-refractivity contribution in [2.24, 2.45) is 5.73 Å². The highest BCUT2D eigenvalue weighted by molar-refractivity contribution is 5.04. The zero-order valence-electron chi connectivity index (χ0n) is 8.82. The first-order valence-corrected chi connectivity index (χ1v) is 5.19. The van der Waals surface area contributed by atoms with E-state index in [-0.39, 0.29) is 6.04 Å². The summed E-state index contributed by atoms with van der Waals surface area (Å²) in [4.78, 5) is 2.02. The van der Waals surface area contributed by atoms with E-state index in [9.17, 15) is 4.39 Å². The molecule has 2 N–H and O–H groups in total. The number of aryl methyl sites for hydroxylation is 1. The molecule has 0 aliphatic carbocycles. The summed E-state index contributed by atoms with van der Waals surface area (Å²) in [5.41, 5.74) is 6.44. The van der Waals surface area contributed by atoms with E-state index in [1.54, 1.807) is 0 Å². The summed E-state index contributed by atoms with van der Waals surface area (Å²) in [7, 11) is 0. The molecule has 2 heterocycles. The highest BCUT2D eigenvalue weighted by Crippen LogP contribution is 2.22. The van der Waals surface area contributed by atoms with Crippen molar-refractivity contribution in [3.63, 3.8) is 0 Å². The second-order valence-corrected chi connectivity index (χ2v) is 4.09. The molecule has 0 spiro atoms. The van der Waals surface area contributed by atoms with Crippen LogP contribution in [0.4, 0.5) is 4.39 Å². The number of likely N-dealkylation sites (tertiary alicyclic amines) is 1. The predicted octanol–water partition coefficient (Wildman–Crippen LogP) is 0.854. The number of hydrogen-bond donors (Lipinski definition) is 1. The summed E-state index contributed by atoms with van der Waals surface area (Å²) < 4.78 is 18.3. The van der Waals surface area contributed by atoms with Crippen molar-refractivity contribution in [1.82, 2.24) is 10.1 Å². The third-order valence-electron chi connectivity index (χ3n) is 2.78. The average Bonchev–Trinajstić information content (AvgIpc) is 2.73. The fourth-order valence-corrected chi connectivity index (χ4v) is 2.05. The Hall–Kier alpha value is -0.940. The number of hydrogen-bond acceptors (Lipinski definition) is 4. The van der Waals surface area contributed by atoms with E-state index < -0.39 is 6.17 Å². The van der Waals surface area contributed by atoms with Gasteiger partial charge < -0.3 is 10.3 Å². The summed E-state index contributed by atoms with van der Waals surface area (Å²) in [6, 6.07) is 2.00. The Morgan fingerprint density at radius 2 is 2.53 bits per heavy atom. The Kier molecular flexibility index (Phi) is 3.02. The van der Waals surface area contributed by atoms with Gasteiger partial charge in [-0.2, -0.15) is 0 Å². The lowest BCUT2D eigenvalue weighted by Gasteiger charge is -2.20. The van der Waals surface area contributed by atoms with Gasteiger partial charge >= 0.3 is 0 Å². The van der Waals surface area contributed by atoms with Crippen LogP contribution in [0, 0.1) is 6.92 Å². The molecule has 2 atom stereocenters. The Labute approximate surface area is 88.2 Å². The van der Waals surface area contributed by atoms with Crippen LogP contribution in [0.25, 0.3) is 0 Å². The Morgan fingerprint density at radius 3 is 3.13 bits per heavy atom. The minimum absolute atomic E-state index is 0.130. The van der Waals surface area contributed by atoms with E-state index in [2.05, 4.69) is 5.16 Å². The standard InChI is InChI=1S/C10H16FN3O/c1-7-2-10(15-13-7)6-14-5-8(11)3-9(14)4-12/h2,8-9H,3-6,12H2,1H3/t8-,9+/m1/s1. The minimum Gasteiger partial charge on any atom is -0.360 e. The first-order valence-electron chi connectivity index (χ1n) is 5.19. The van der Waals surface area contributed by atoms with Gasteiger partial charge in [-0.05, 0) is 13.3 Å². The van der Waals surface area contributed by atoms with Crippen LogP contribution >= 0.6 is 0 Å². The first-order chi connectivity index (χ1) is 7.19. The Bertz CT molecular complexity index is 328. The van der Waals surface area contributed by atoms with Crippen LogP contribution in [0.2, 0.25) is 0 Å². The van der Waals surface area contributed by atoms with Gasteiger partial charge in [0.2, 0.25) is 0 Å². The highest BCUT2D eigenvalue weighted by atomic mass is 19.1. The zero-order valence-corrected chi connectivity index (χ0v) is 8.82. The molecule has 2 rings (SSSR count). The SMILES string of the molecule is Cc1cc(CN2C[C@H](F)C[C@H]2CN)on1. The first kappa shape index (κ1) is 10.6. The summed E-state index contributed by atoms with van der Waals surface area (Å²) in [5, 5.41) is 3.80. The van der Waals surface area contributed by atoms with E-state index in [0.29, 0.717) is 26.1 Å². The Balaban J connectivity index is 1.99. The van der Waals surface area contributed by atoms with Crippen LogP contribution in [0.15, 0.2) is 10.6 Å². The van der Waals surface area contributed by atoms with Gasteiger partial charge in [0.15, 0.2) is 5.76 Å². The van der Waals surface area contributed by atoms with Crippen molar-refractivity contribution in [1.29, 1.82) is 0 Å². The maximum atomic E-state index is 13.2. The summed E-state index contributed by atoms with van der Waals surface area (Å²) in [6.45, 7) is 3.41. The fraction of sp³-hybridized carbons (Fsp3) is 0.700. The molecule has 1 fully saturated rings. The molecular formula is C10H16FN3O. The second-order valence-electron chi connectivity index (χ2n) is 4.09. The average molecular weight is 213 g/mol. The number of nitrogens with two attached hydrogens (primary N) is 1. The molecule has 4 nitrogen and oxygen atoms in total. The molecule has 84 valence electrons. The van der Waals surface area contributed by atoms with Gasteiger partial charge in [-0.3, -0.25) is 4.90 Å². The lowest BCUT2D eigenvalue weighted by molar-refractivity contribution is 0.210. The molecule has 1 aliphatic heterocycles. The molecule has 15 heavy (non-hydrogen) atoms. The third-order valence-corrected chi connectivity index (χ3v) is 2.78. The Morgan fingerprint density at radius 1 is 1.73 bits per heavy atom. The lowest BCUT2D eigenvalue weighted by Crippen LogP contribution is -2.34. The van der Waals surface area contributed by atoms with Crippen molar-refractivity contribution in [2.45, 2.75) is 32.1 Å². The van der Waals surface area contributed by atoms with E-state index in [0.717, 1.165) is 11.5 Å². The van der Waals surface area contributed by atoms with Crippen molar-refractivity contribution in [2.75, 3.05) is 13.1 Å². The van der Waals surface area contributed by atoms with Crippen LogP contribution in [0.5, 0.6) is 0 Å². The third kappa shape index (κ3) is 2.35. The van der Waals surface area contributed by atoms with Crippen molar-refractivity contribution in [3.05, 3.63) is 17.5 Å². The van der Waals surface area contributed by atoms with Crippen LogP contribution in [-0.4, -0.2) is 35.4 Å². The number of nitrogens with zero attached hydrogens (tertiary/aromatic N) is 2. The van der Waals surface area contributed by atoms with E-state index in [1.807, 2.05) is 17.9 Å². The van der Waals surface area contributed by atoms with Gasteiger partial charge in [0, 0.05) is 25.2 Å². The van der Waals surface area contributed by atoms with Crippen LogP contribution in [0.1, 0.15) is 17.9 Å². The predicted molar refractivity (Wildman–Crippen MR) is 54.0 cm³/mol. The van der Waals surface area contributed by atoms with E-state index in [1.165, 1.54) is 0 Å². The molecule has 5 heteroatoms. The zero-order chi connectivity index (χ0) is 10.8. The van der Waals surface area contributed by atoms with E-state index in [4.69, 9.17) is 10.3 Å². The van der Waals surface area contributed by atoms with Crippen molar-refractivity contribution >= 4 is 0 Å². The van der Waals surface area contributed by atoms with Crippen LogP contribution in [0.3, 0.4) is 0 Å². The normalized spacial score (nSPS) is 27.4. The minimum atomic E-state index is -0.762. The molecule has 0 radical (unpaired) electrons. The quantitative estimate of drug-likeness (QED) is 0.809. The summed E-state index contributed by atoms with van der Waals surface area (Å²) >= 11 is 0. The topological polar surface area (TPSA) is 55.3 Å². The molecule has 0 aromatic carbocycles. The molecule has 1 aliphatic rings. The molecular weight excluding hydrogens is 197 g/mol.